The van der Waals surface area contributed by atoms with E-state index >= 15 is 0 Å². The molecule has 1 heterocycles. The van der Waals surface area contributed by atoms with Crippen LogP contribution in [-0.4, -0.2) is 11.5 Å². The number of nitrogens with zero attached hydrogens (tertiary/aromatic N) is 1. The summed E-state index contributed by atoms with van der Waals surface area (Å²) in [6.45, 7) is 0.684. The van der Waals surface area contributed by atoms with Gasteiger partial charge in [-0.3, -0.25) is 0 Å². The van der Waals surface area contributed by atoms with Crippen LogP contribution in [0.4, 0.5) is 5.13 Å². The molecule has 3 rings (SSSR count). The molecule has 96 valence electrons. The lowest BCUT2D eigenvalue weighted by molar-refractivity contribution is 0.764. The minimum absolute atomic E-state index is 0.0202. The number of fused-ring (bicyclic) bond motifs is 1. The van der Waals surface area contributed by atoms with Gasteiger partial charge in [0.05, 0.1) is 10.2 Å². The summed E-state index contributed by atoms with van der Waals surface area (Å²) < 4.78 is 1.19. The van der Waals surface area contributed by atoms with E-state index in [9.17, 15) is 0 Å². The first-order valence-electron chi connectivity index (χ1n) is 6.23. The molecule has 0 saturated carbocycles. The van der Waals surface area contributed by atoms with Gasteiger partial charge in [-0.05, 0) is 17.7 Å². The third-order valence-corrected chi connectivity index (χ3v) is 3.99. The van der Waals surface area contributed by atoms with Gasteiger partial charge in [0, 0.05) is 12.6 Å². The standard InChI is InChI=1S/C15H15N3S/c16-12(11-6-2-1-3-7-11)10-17-15-18-13-8-4-5-9-14(13)19-15/h1-9,12H,10,16H2,(H,17,18). The van der Waals surface area contributed by atoms with Gasteiger partial charge < -0.3 is 11.1 Å². The van der Waals surface area contributed by atoms with Crippen molar-refractivity contribution in [3.8, 4) is 0 Å². The minimum Gasteiger partial charge on any atom is -0.360 e. The molecule has 0 aliphatic rings. The molecule has 2 aromatic carbocycles. The third-order valence-electron chi connectivity index (χ3n) is 2.99. The van der Waals surface area contributed by atoms with Gasteiger partial charge in [-0.25, -0.2) is 4.98 Å². The number of rotatable bonds is 4. The normalized spacial score (nSPS) is 12.5. The molecule has 0 saturated heterocycles. The molecule has 3 nitrogen and oxygen atoms in total. The lowest BCUT2D eigenvalue weighted by Gasteiger charge is -2.12. The van der Waals surface area contributed by atoms with E-state index in [0.29, 0.717) is 6.54 Å². The zero-order valence-electron chi connectivity index (χ0n) is 10.4. The number of thiazole rings is 1. The Morgan fingerprint density at radius 3 is 2.58 bits per heavy atom. The van der Waals surface area contributed by atoms with E-state index < -0.39 is 0 Å². The van der Waals surface area contributed by atoms with Crippen molar-refractivity contribution in [1.29, 1.82) is 0 Å². The van der Waals surface area contributed by atoms with E-state index in [0.717, 1.165) is 16.2 Å². The Balaban J connectivity index is 1.69. The molecule has 0 amide bonds. The quantitative estimate of drug-likeness (QED) is 0.763. The van der Waals surface area contributed by atoms with Crippen LogP contribution in [0.5, 0.6) is 0 Å². The van der Waals surface area contributed by atoms with E-state index in [1.807, 2.05) is 48.5 Å². The van der Waals surface area contributed by atoms with Gasteiger partial charge in [-0.1, -0.05) is 53.8 Å². The predicted octanol–water partition coefficient (Wildman–Crippen LogP) is 3.41. The smallest absolute Gasteiger partial charge is 0.183 e. The highest BCUT2D eigenvalue weighted by molar-refractivity contribution is 7.22. The number of anilines is 1. The van der Waals surface area contributed by atoms with Gasteiger partial charge in [0.15, 0.2) is 5.13 Å². The molecule has 1 unspecified atom stereocenters. The fourth-order valence-corrected chi connectivity index (χ4v) is 2.84. The second-order valence-corrected chi connectivity index (χ2v) is 5.42. The number of aromatic nitrogens is 1. The van der Waals surface area contributed by atoms with Gasteiger partial charge in [0.1, 0.15) is 0 Å². The zero-order chi connectivity index (χ0) is 13.1. The summed E-state index contributed by atoms with van der Waals surface area (Å²) in [6.07, 6.45) is 0. The van der Waals surface area contributed by atoms with Crippen LogP contribution >= 0.6 is 11.3 Å². The molecule has 3 N–H and O–H groups in total. The molecule has 0 aliphatic heterocycles. The number of nitrogens with one attached hydrogen (secondary N) is 1. The lowest BCUT2D eigenvalue weighted by atomic mass is 10.1. The van der Waals surface area contributed by atoms with Gasteiger partial charge >= 0.3 is 0 Å². The van der Waals surface area contributed by atoms with Gasteiger partial charge in [0.2, 0.25) is 0 Å². The summed E-state index contributed by atoms with van der Waals surface area (Å²) in [4.78, 5) is 4.53. The molecule has 1 aromatic heterocycles. The van der Waals surface area contributed by atoms with Crippen LogP contribution < -0.4 is 11.1 Å². The van der Waals surface area contributed by atoms with Crippen molar-refractivity contribution in [2.75, 3.05) is 11.9 Å². The summed E-state index contributed by atoms with van der Waals surface area (Å²) >= 11 is 1.66. The maximum Gasteiger partial charge on any atom is 0.183 e. The average Bonchev–Trinajstić information content (AvgIpc) is 2.88. The molecule has 4 heteroatoms. The molecule has 3 aromatic rings. The Morgan fingerprint density at radius 2 is 1.79 bits per heavy atom. The van der Waals surface area contributed by atoms with E-state index in [2.05, 4.69) is 16.4 Å². The molecule has 0 radical (unpaired) electrons. The number of hydrogen-bond acceptors (Lipinski definition) is 4. The first-order valence-corrected chi connectivity index (χ1v) is 7.04. The summed E-state index contributed by atoms with van der Waals surface area (Å²) in [6, 6.07) is 18.2. The minimum atomic E-state index is -0.0202. The van der Waals surface area contributed by atoms with Crippen LogP contribution in [0.15, 0.2) is 54.6 Å². The van der Waals surface area contributed by atoms with Gasteiger partial charge in [-0.2, -0.15) is 0 Å². The Hall–Kier alpha value is -1.91. The van der Waals surface area contributed by atoms with Crippen LogP contribution in [-0.2, 0) is 0 Å². The summed E-state index contributed by atoms with van der Waals surface area (Å²) in [5, 5.41) is 4.24. The highest BCUT2D eigenvalue weighted by Gasteiger charge is 2.07. The van der Waals surface area contributed by atoms with Crippen LogP contribution in [0.3, 0.4) is 0 Å². The van der Waals surface area contributed by atoms with E-state index in [1.54, 1.807) is 11.3 Å². The van der Waals surface area contributed by atoms with Crippen molar-refractivity contribution in [2.45, 2.75) is 6.04 Å². The van der Waals surface area contributed by atoms with Crippen LogP contribution in [0.1, 0.15) is 11.6 Å². The molecule has 19 heavy (non-hydrogen) atoms. The number of nitrogens with two attached hydrogens (primary N) is 1. The zero-order valence-corrected chi connectivity index (χ0v) is 11.2. The maximum absolute atomic E-state index is 6.15. The Morgan fingerprint density at radius 1 is 1.05 bits per heavy atom. The second kappa shape index (κ2) is 5.38. The molecule has 0 spiro atoms. The van der Waals surface area contributed by atoms with Crippen molar-refractivity contribution >= 4 is 26.7 Å². The maximum atomic E-state index is 6.15. The van der Waals surface area contributed by atoms with Crippen molar-refractivity contribution in [1.82, 2.24) is 4.98 Å². The predicted molar refractivity (Wildman–Crippen MR) is 81.5 cm³/mol. The van der Waals surface area contributed by atoms with Crippen molar-refractivity contribution in [3.63, 3.8) is 0 Å². The van der Waals surface area contributed by atoms with E-state index in [1.165, 1.54) is 4.70 Å². The Kier molecular flexibility index (Phi) is 3.44. The highest BCUT2D eigenvalue weighted by atomic mass is 32.1. The van der Waals surface area contributed by atoms with E-state index in [4.69, 9.17) is 5.73 Å². The summed E-state index contributed by atoms with van der Waals surface area (Å²) in [5.74, 6) is 0. The monoisotopic (exact) mass is 269 g/mol. The Labute approximate surface area is 116 Å². The molecule has 1 atom stereocenters. The molecule has 0 aliphatic carbocycles. The average molecular weight is 269 g/mol. The molecular weight excluding hydrogens is 254 g/mol. The second-order valence-electron chi connectivity index (χ2n) is 4.38. The molecule has 0 bridgehead atoms. The third kappa shape index (κ3) is 2.75. The SMILES string of the molecule is NC(CNc1nc2ccccc2s1)c1ccccc1. The largest absolute Gasteiger partial charge is 0.360 e. The van der Waals surface area contributed by atoms with Crippen LogP contribution in [0.2, 0.25) is 0 Å². The van der Waals surface area contributed by atoms with Crippen LogP contribution in [0, 0.1) is 0 Å². The number of para-hydroxylation sites is 1. The summed E-state index contributed by atoms with van der Waals surface area (Å²) in [5.41, 5.74) is 8.32. The molecule has 0 fully saturated rings. The first kappa shape index (κ1) is 12.1. The lowest BCUT2D eigenvalue weighted by Crippen LogP contribution is -2.20. The summed E-state index contributed by atoms with van der Waals surface area (Å²) in [7, 11) is 0. The fraction of sp³-hybridized carbons (Fsp3) is 0.133. The Bertz CT molecular complexity index is 630. The van der Waals surface area contributed by atoms with Crippen molar-refractivity contribution in [2.24, 2.45) is 5.73 Å². The topological polar surface area (TPSA) is 50.9 Å². The van der Waals surface area contributed by atoms with Crippen molar-refractivity contribution in [3.05, 3.63) is 60.2 Å². The number of hydrogen-bond donors (Lipinski definition) is 2. The fourth-order valence-electron chi connectivity index (χ4n) is 1.96. The highest BCUT2D eigenvalue weighted by Crippen LogP contribution is 2.25. The van der Waals surface area contributed by atoms with Crippen LogP contribution in [0.25, 0.3) is 10.2 Å². The molecular formula is C15H15N3S. The first-order chi connectivity index (χ1) is 9.33. The number of benzene rings is 2. The van der Waals surface area contributed by atoms with Gasteiger partial charge in [0.25, 0.3) is 0 Å². The van der Waals surface area contributed by atoms with Gasteiger partial charge in [-0.15, -0.1) is 0 Å². The van der Waals surface area contributed by atoms with E-state index in [-0.39, 0.29) is 6.04 Å². The van der Waals surface area contributed by atoms with Crippen molar-refractivity contribution < 1.29 is 0 Å².